The van der Waals surface area contributed by atoms with E-state index in [-0.39, 0.29) is 0 Å². The largest absolute Gasteiger partial charge is 0.493 e. The molecule has 1 N–H and O–H groups in total. The van der Waals surface area contributed by atoms with E-state index in [2.05, 4.69) is 37.4 Å². The van der Waals surface area contributed by atoms with E-state index >= 15 is 0 Å². The lowest BCUT2D eigenvalue weighted by Crippen LogP contribution is -2.16. The lowest BCUT2D eigenvalue weighted by Gasteiger charge is -2.13. The van der Waals surface area contributed by atoms with Gasteiger partial charge in [-0.15, -0.1) is 0 Å². The van der Waals surface area contributed by atoms with Crippen LogP contribution >= 0.6 is 11.8 Å². The average molecular weight is 279 g/mol. The van der Waals surface area contributed by atoms with Crippen LogP contribution in [-0.4, -0.2) is 24.2 Å². The molecule has 0 spiro atoms. The summed E-state index contributed by atoms with van der Waals surface area (Å²) in [7, 11) is 0. The molecule has 2 rings (SSSR count). The molecule has 2 nitrogen and oxygen atoms in total. The van der Waals surface area contributed by atoms with E-state index in [1.54, 1.807) is 0 Å². The summed E-state index contributed by atoms with van der Waals surface area (Å²) < 4.78 is 5.94. The first-order valence-corrected chi connectivity index (χ1v) is 8.48. The highest BCUT2D eigenvalue weighted by Gasteiger charge is 2.20. The normalized spacial score (nSPS) is 14.6. The lowest BCUT2D eigenvalue weighted by molar-refractivity contribution is 0.314. The van der Waals surface area contributed by atoms with E-state index in [0.717, 1.165) is 31.4 Å². The molecular weight excluding hydrogens is 254 g/mol. The molecule has 0 saturated heterocycles. The molecule has 3 heteroatoms. The highest BCUT2D eigenvalue weighted by Crippen LogP contribution is 2.23. The van der Waals surface area contributed by atoms with Gasteiger partial charge in [0.2, 0.25) is 0 Å². The summed E-state index contributed by atoms with van der Waals surface area (Å²) in [6.45, 7) is 6.10. The molecule has 0 unspecified atom stereocenters. The van der Waals surface area contributed by atoms with Gasteiger partial charge in [0, 0.05) is 18.2 Å². The van der Waals surface area contributed by atoms with Crippen LogP contribution in [0.25, 0.3) is 0 Å². The first-order chi connectivity index (χ1) is 9.29. The summed E-state index contributed by atoms with van der Waals surface area (Å²) in [5.41, 5.74) is 2.61. The summed E-state index contributed by atoms with van der Waals surface area (Å²) in [5.74, 6) is 3.44. The van der Waals surface area contributed by atoms with Gasteiger partial charge in [0.1, 0.15) is 5.75 Å². The van der Waals surface area contributed by atoms with Crippen LogP contribution in [0.15, 0.2) is 18.2 Å². The predicted molar refractivity (Wildman–Crippen MR) is 84.2 cm³/mol. The van der Waals surface area contributed by atoms with Crippen molar-refractivity contribution in [1.29, 1.82) is 0 Å². The molecule has 1 aliphatic carbocycles. The van der Waals surface area contributed by atoms with E-state index in [0.29, 0.717) is 0 Å². The molecule has 1 aromatic rings. The number of thioether (sulfide) groups is 1. The smallest absolute Gasteiger partial charge is 0.123 e. The molecule has 1 saturated carbocycles. The Morgan fingerprint density at radius 3 is 2.95 bits per heavy atom. The summed E-state index contributed by atoms with van der Waals surface area (Å²) in [6.07, 6.45) is 3.79. The third-order valence-corrected chi connectivity index (χ3v) is 4.25. The van der Waals surface area contributed by atoms with Gasteiger partial charge in [-0.3, -0.25) is 0 Å². The second-order valence-corrected chi connectivity index (χ2v) is 6.56. The van der Waals surface area contributed by atoms with E-state index in [1.807, 2.05) is 11.8 Å². The zero-order valence-electron chi connectivity index (χ0n) is 12.1. The molecular formula is C16H25NOS. The standard InChI is InChI=1S/C16H25NOS/c1-3-19-10-4-9-18-16-8-5-13(2)11-14(16)12-17-15-6-7-15/h5,8,11,15,17H,3-4,6-7,9-10,12H2,1-2H3. The Morgan fingerprint density at radius 1 is 1.37 bits per heavy atom. The van der Waals surface area contributed by atoms with Crippen molar-refractivity contribution in [1.82, 2.24) is 5.32 Å². The first-order valence-electron chi connectivity index (χ1n) is 7.33. The molecule has 0 aromatic heterocycles. The molecule has 0 radical (unpaired) electrons. The van der Waals surface area contributed by atoms with Gasteiger partial charge >= 0.3 is 0 Å². The quantitative estimate of drug-likeness (QED) is 0.695. The van der Waals surface area contributed by atoms with Crippen molar-refractivity contribution in [3.8, 4) is 5.75 Å². The fraction of sp³-hybridized carbons (Fsp3) is 0.625. The van der Waals surface area contributed by atoms with Crippen LogP contribution in [-0.2, 0) is 6.54 Å². The third-order valence-electron chi connectivity index (χ3n) is 3.27. The Labute approximate surface area is 121 Å². The summed E-state index contributed by atoms with van der Waals surface area (Å²) in [4.78, 5) is 0. The molecule has 106 valence electrons. The molecule has 1 aromatic carbocycles. The van der Waals surface area contributed by atoms with Gasteiger partial charge in [0.25, 0.3) is 0 Å². The van der Waals surface area contributed by atoms with Crippen LogP contribution in [0.2, 0.25) is 0 Å². The Morgan fingerprint density at radius 2 is 2.21 bits per heavy atom. The molecule has 0 heterocycles. The van der Waals surface area contributed by atoms with Crippen LogP contribution in [0.5, 0.6) is 5.75 Å². The van der Waals surface area contributed by atoms with Gasteiger partial charge in [0.15, 0.2) is 0 Å². The highest BCUT2D eigenvalue weighted by atomic mass is 32.2. The van der Waals surface area contributed by atoms with E-state index < -0.39 is 0 Å². The van der Waals surface area contributed by atoms with E-state index in [4.69, 9.17) is 4.74 Å². The number of ether oxygens (including phenoxy) is 1. The molecule has 0 atom stereocenters. The maximum atomic E-state index is 5.94. The Hall–Kier alpha value is -0.670. The van der Waals surface area contributed by atoms with Gasteiger partial charge < -0.3 is 10.1 Å². The van der Waals surface area contributed by atoms with Gasteiger partial charge in [-0.2, -0.15) is 11.8 Å². The molecule has 0 amide bonds. The molecule has 1 aliphatic rings. The minimum atomic E-state index is 0.745. The van der Waals surface area contributed by atoms with Crippen LogP contribution in [0.3, 0.4) is 0 Å². The zero-order valence-corrected chi connectivity index (χ0v) is 12.9. The fourth-order valence-electron chi connectivity index (χ4n) is 2.02. The predicted octanol–water partition coefficient (Wildman–Crippen LogP) is 3.77. The third kappa shape index (κ3) is 5.45. The SMILES string of the molecule is CCSCCCOc1ccc(C)cc1CNC1CC1. The molecule has 0 aliphatic heterocycles. The maximum Gasteiger partial charge on any atom is 0.123 e. The van der Waals surface area contributed by atoms with Gasteiger partial charge in [-0.05, 0) is 43.8 Å². The average Bonchev–Trinajstić information content (AvgIpc) is 3.22. The summed E-state index contributed by atoms with van der Waals surface area (Å²) in [6, 6.07) is 7.24. The number of benzene rings is 1. The topological polar surface area (TPSA) is 21.3 Å². The summed E-state index contributed by atoms with van der Waals surface area (Å²) >= 11 is 1.98. The Bertz CT molecular complexity index is 390. The van der Waals surface area contributed by atoms with Gasteiger partial charge in [0.05, 0.1) is 6.61 Å². The van der Waals surface area contributed by atoms with Crippen molar-refractivity contribution in [2.45, 2.75) is 45.7 Å². The molecule has 0 bridgehead atoms. The zero-order chi connectivity index (χ0) is 13.5. The van der Waals surface area contributed by atoms with Gasteiger partial charge in [-0.1, -0.05) is 24.6 Å². The molecule has 19 heavy (non-hydrogen) atoms. The van der Waals surface area contributed by atoms with Crippen molar-refractivity contribution in [3.63, 3.8) is 0 Å². The monoisotopic (exact) mass is 279 g/mol. The lowest BCUT2D eigenvalue weighted by atomic mass is 10.1. The number of rotatable bonds is 9. The van der Waals surface area contributed by atoms with Crippen LogP contribution in [0.4, 0.5) is 0 Å². The van der Waals surface area contributed by atoms with Crippen molar-refractivity contribution in [3.05, 3.63) is 29.3 Å². The highest BCUT2D eigenvalue weighted by molar-refractivity contribution is 7.99. The number of hydrogen-bond donors (Lipinski definition) is 1. The number of aryl methyl sites for hydroxylation is 1. The second kappa shape index (κ2) is 7.81. The van der Waals surface area contributed by atoms with Gasteiger partial charge in [-0.25, -0.2) is 0 Å². The van der Waals surface area contributed by atoms with E-state index in [1.165, 1.54) is 35.5 Å². The minimum Gasteiger partial charge on any atom is -0.493 e. The second-order valence-electron chi connectivity index (χ2n) is 5.17. The van der Waals surface area contributed by atoms with Crippen LogP contribution in [0, 0.1) is 6.92 Å². The van der Waals surface area contributed by atoms with Crippen molar-refractivity contribution in [2.24, 2.45) is 0 Å². The number of nitrogens with one attached hydrogen (secondary N) is 1. The van der Waals surface area contributed by atoms with Crippen molar-refractivity contribution < 1.29 is 4.74 Å². The van der Waals surface area contributed by atoms with Crippen LogP contribution in [0.1, 0.15) is 37.3 Å². The fourth-order valence-corrected chi connectivity index (χ4v) is 2.63. The Balaban J connectivity index is 1.82. The van der Waals surface area contributed by atoms with Crippen LogP contribution < -0.4 is 10.1 Å². The van der Waals surface area contributed by atoms with Crippen molar-refractivity contribution >= 4 is 11.8 Å². The first kappa shape index (κ1) is 14.7. The number of hydrogen-bond acceptors (Lipinski definition) is 3. The molecule has 1 fully saturated rings. The minimum absolute atomic E-state index is 0.745. The Kier molecular flexibility index (Phi) is 6.05. The van der Waals surface area contributed by atoms with Crippen molar-refractivity contribution in [2.75, 3.05) is 18.1 Å². The van der Waals surface area contributed by atoms with E-state index in [9.17, 15) is 0 Å². The maximum absolute atomic E-state index is 5.94. The summed E-state index contributed by atoms with van der Waals surface area (Å²) in [5, 5.41) is 3.57.